The summed E-state index contributed by atoms with van der Waals surface area (Å²) in [7, 11) is 0. The van der Waals surface area contributed by atoms with Crippen molar-refractivity contribution in [2.24, 2.45) is 5.92 Å². The minimum atomic E-state index is -0.335. The van der Waals surface area contributed by atoms with Crippen molar-refractivity contribution in [3.63, 3.8) is 0 Å². The number of hydrogen-bond donors (Lipinski definition) is 1. The summed E-state index contributed by atoms with van der Waals surface area (Å²) in [6.45, 7) is 10.1. The molecule has 0 aliphatic heterocycles. The van der Waals surface area contributed by atoms with E-state index in [2.05, 4.69) is 19.2 Å². The van der Waals surface area contributed by atoms with Crippen LogP contribution < -0.4 is 5.32 Å². The summed E-state index contributed by atoms with van der Waals surface area (Å²) < 4.78 is 0. The van der Waals surface area contributed by atoms with Crippen LogP contribution in [0.4, 0.5) is 0 Å². The number of nitrogens with one attached hydrogen (secondary N) is 1. The lowest BCUT2D eigenvalue weighted by Crippen LogP contribution is -2.51. The lowest BCUT2D eigenvalue weighted by molar-refractivity contribution is -0.127. The predicted molar refractivity (Wildman–Crippen MR) is 70.8 cm³/mol. The number of amides is 1. The Kier molecular flexibility index (Phi) is 7.05. The van der Waals surface area contributed by atoms with Gasteiger partial charge in [0, 0.05) is 5.92 Å². The Bertz CT molecular complexity index is 214. The third kappa shape index (κ3) is 5.20. The fourth-order valence-corrected chi connectivity index (χ4v) is 1.54. The number of halogens is 1. The van der Waals surface area contributed by atoms with Crippen molar-refractivity contribution in [3.8, 4) is 0 Å². The molecule has 1 amide bonds. The number of unbranched alkanes of at least 4 members (excludes halogenated alkanes) is 1. The van der Waals surface area contributed by atoms with Gasteiger partial charge in [-0.1, -0.05) is 26.7 Å². The molecule has 0 aromatic rings. The van der Waals surface area contributed by atoms with Crippen LogP contribution >= 0.6 is 11.6 Å². The van der Waals surface area contributed by atoms with E-state index >= 15 is 0 Å². The van der Waals surface area contributed by atoms with E-state index in [1.807, 2.05) is 20.8 Å². The first-order chi connectivity index (χ1) is 7.35. The van der Waals surface area contributed by atoms with Gasteiger partial charge in [-0.25, -0.2) is 0 Å². The summed E-state index contributed by atoms with van der Waals surface area (Å²) >= 11 is 6.05. The Balaban J connectivity index is 4.30. The molecule has 0 saturated heterocycles. The van der Waals surface area contributed by atoms with Gasteiger partial charge in [0.15, 0.2) is 0 Å². The molecule has 0 radical (unpaired) electrons. The molecular weight excluding hydrogens is 222 g/mol. The van der Waals surface area contributed by atoms with Gasteiger partial charge in [0.1, 0.15) is 0 Å². The molecule has 0 aliphatic rings. The van der Waals surface area contributed by atoms with Crippen LogP contribution in [0.25, 0.3) is 0 Å². The van der Waals surface area contributed by atoms with Crippen molar-refractivity contribution < 1.29 is 4.79 Å². The highest BCUT2D eigenvalue weighted by Gasteiger charge is 2.28. The van der Waals surface area contributed by atoms with Crippen molar-refractivity contribution in [1.29, 1.82) is 0 Å². The van der Waals surface area contributed by atoms with E-state index in [1.54, 1.807) is 0 Å². The quantitative estimate of drug-likeness (QED) is 0.683. The molecule has 0 heterocycles. The van der Waals surface area contributed by atoms with Crippen molar-refractivity contribution in [2.75, 3.05) is 0 Å². The SMILES string of the molecule is CCCCC(CC)C(=O)NC(C)(C)C(C)Cl. The molecule has 0 aromatic carbocycles. The van der Waals surface area contributed by atoms with Crippen LogP contribution in [0.3, 0.4) is 0 Å². The van der Waals surface area contributed by atoms with Gasteiger partial charge < -0.3 is 5.32 Å². The Hall–Kier alpha value is -0.240. The molecule has 16 heavy (non-hydrogen) atoms. The molecule has 0 rings (SSSR count). The molecule has 0 bridgehead atoms. The third-order valence-electron chi connectivity index (χ3n) is 3.21. The summed E-state index contributed by atoms with van der Waals surface area (Å²) in [6.07, 6.45) is 4.13. The van der Waals surface area contributed by atoms with Crippen molar-refractivity contribution in [1.82, 2.24) is 5.32 Å². The largest absolute Gasteiger partial charge is 0.350 e. The van der Waals surface area contributed by atoms with Gasteiger partial charge in [-0.3, -0.25) is 4.79 Å². The van der Waals surface area contributed by atoms with E-state index < -0.39 is 0 Å². The first-order valence-electron chi connectivity index (χ1n) is 6.31. The zero-order chi connectivity index (χ0) is 12.8. The summed E-state index contributed by atoms with van der Waals surface area (Å²) in [6, 6.07) is 0. The molecule has 0 aromatic heterocycles. The van der Waals surface area contributed by atoms with E-state index in [0.717, 1.165) is 25.7 Å². The van der Waals surface area contributed by atoms with Crippen molar-refractivity contribution in [2.45, 2.75) is 71.2 Å². The molecule has 0 saturated carbocycles. The van der Waals surface area contributed by atoms with Crippen LogP contribution in [0.2, 0.25) is 0 Å². The summed E-state index contributed by atoms with van der Waals surface area (Å²) in [5.74, 6) is 0.281. The maximum atomic E-state index is 12.0. The average molecular weight is 248 g/mol. The molecule has 0 aliphatic carbocycles. The maximum Gasteiger partial charge on any atom is 0.223 e. The standard InChI is InChI=1S/C13H26ClNO/c1-6-8-9-11(7-2)12(16)15-13(4,5)10(3)14/h10-11H,6-9H2,1-5H3,(H,15,16). The number of alkyl halides is 1. The third-order valence-corrected chi connectivity index (χ3v) is 3.76. The van der Waals surface area contributed by atoms with Crippen LogP contribution in [-0.2, 0) is 4.79 Å². The van der Waals surface area contributed by atoms with E-state index in [4.69, 9.17) is 11.6 Å². The highest BCUT2D eigenvalue weighted by Crippen LogP contribution is 2.18. The van der Waals surface area contributed by atoms with E-state index in [-0.39, 0.29) is 22.7 Å². The monoisotopic (exact) mass is 247 g/mol. The van der Waals surface area contributed by atoms with E-state index in [1.165, 1.54) is 0 Å². The minimum absolute atomic E-state index is 0.0693. The predicted octanol–water partition coefficient (Wildman–Crippen LogP) is 3.72. The maximum absolute atomic E-state index is 12.0. The van der Waals surface area contributed by atoms with Crippen LogP contribution in [0.1, 0.15) is 60.3 Å². The molecule has 2 atom stereocenters. The molecular formula is C13H26ClNO. The minimum Gasteiger partial charge on any atom is -0.350 e. The molecule has 0 fully saturated rings. The van der Waals surface area contributed by atoms with Gasteiger partial charge >= 0.3 is 0 Å². The number of carbonyl (C=O) groups is 1. The van der Waals surface area contributed by atoms with Gasteiger partial charge in [0.25, 0.3) is 0 Å². The van der Waals surface area contributed by atoms with Crippen LogP contribution in [-0.4, -0.2) is 16.8 Å². The Morgan fingerprint density at radius 3 is 2.31 bits per heavy atom. The molecule has 2 nitrogen and oxygen atoms in total. The Labute approximate surface area is 105 Å². The summed E-state index contributed by atoms with van der Waals surface area (Å²) in [5.41, 5.74) is -0.335. The number of hydrogen-bond acceptors (Lipinski definition) is 1. The molecule has 3 heteroatoms. The average Bonchev–Trinajstić information content (AvgIpc) is 2.18. The van der Waals surface area contributed by atoms with Crippen LogP contribution in [0.15, 0.2) is 0 Å². The molecule has 0 spiro atoms. The second-order valence-electron chi connectivity index (χ2n) is 5.07. The molecule has 96 valence electrons. The first kappa shape index (κ1) is 15.8. The molecule has 2 unspecified atom stereocenters. The normalized spacial score (nSPS) is 15.6. The van der Waals surface area contributed by atoms with Crippen molar-refractivity contribution >= 4 is 17.5 Å². The number of rotatable bonds is 7. The summed E-state index contributed by atoms with van der Waals surface area (Å²) in [5, 5.41) is 2.98. The van der Waals surface area contributed by atoms with Crippen LogP contribution in [0, 0.1) is 5.92 Å². The Morgan fingerprint density at radius 2 is 1.94 bits per heavy atom. The lowest BCUT2D eigenvalue weighted by Gasteiger charge is -2.31. The zero-order valence-corrected chi connectivity index (χ0v) is 12.0. The topological polar surface area (TPSA) is 29.1 Å². The first-order valence-corrected chi connectivity index (χ1v) is 6.74. The smallest absolute Gasteiger partial charge is 0.223 e. The molecule has 1 N–H and O–H groups in total. The van der Waals surface area contributed by atoms with Gasteiger partial charge in [-0.2, -0.15) is 0 Å². The van der Waals surface area contributed by atoms with Gasteiger partial charge in [-0.15, -0.1) is 11.6 Å². The fourth-order valence-electron chi connectivity index (χ4n) is 1.49. The van der Waals surface area contributed by atoms with Crippen molar-refractivity contribution in [3.05, 3.63) is 0 Å². The van der Waals surface area contributed by atoms with E-state index in [0.29, 0.717) is 0 Å². The number of carbonyl (C=O) groups excluding carboxylic acids is 1. The second-order valence-corrected chi connectivity index (χ2v) is 5.73. The van der Waals surface area contributed by atoms with Crippen LogP contribution in [0.5, 0.6) is 0 Å². The lowest BCUT2D eigenvalue weighted by atomic mass is 9.95. The Morgan fingerprint density at radius 1 is 1.38 bits per heavy atom. The zero-order valence-electron chi connectivity index (χ0n) is 11.3. The summed E-state index contributed by atoms with van der Waals surface area (Å²) in [4.78, 5) is 12.0. The highest BCUT2D eigenvalue weighted by molar-refractivity contribution is 6.21. The van der Waals surface area contributed by atoms with Gasteiger partial charge in [0.2, 0.25) is 5.91 Å². The van der Waals surface area contributed by atoms with Gasteiger partial charge in [-0.05, 0) is 33.6 Å². The fraction of sp³-hybridized carbons (Fsp3) is 0.923. The second kappa shape index (κ2) is 7.16. The highest BCUT2D eigenvalue weighted by atomic mass is 35.5. The van der Waals surface area contributed by atoms with E-state index in [9.17, 15) is 4.79 Å². The van der Waals surface area contributed by atoms with Gasteiger partial charge in [0.05, 0.1) is 10.9 Å².